The van der Waals surface area contributed by atoms with Crippen LogP contribution in [0.1, 0.15) is 25.3 Å². The number of pyridine rings is 1. The number of H-pyrrole nitrogens is 1. The standard InChI is InChI=1S/C16H23N5/c1-13(12-21-7-2-3-8-21)18-10-15-11-19-20-16(15)14-5-4-6-17-9-14/h4-6,9,11,13,18H,2-3,7-8,10,12H2,1H3,(H,19,20). The van der Waals surface area contributed by atoms with E-state index in [4.69, 9.17) is 0 Å². The van der Waals surface area contributed by atoms with Gasteiger partial charge in [-0.05, 0) is 45.0 Å². The molecule has 0 amide bonds. The smallest absolute Gasteiger partial charge is 0.0710 e. The molecule has 0 spiro atoms. The van der Waals surface area contributed by atoms with Crippen LogP contribution in [-0.2, 0) is 6.54 Å². The Kier molecular flexibility index (Phi) is 4.62. The summed E-state index contributed by atoms with van der Waals surface area (Å²) in [5.74, 6) is 0. The predicted octanol–water partition coefficient (Wildman–Crippen LogP) is 2.05. The van der Waals surface area contributed by atoms with E-state index in [1.807, 2.05) is 18.5 Å². The minimum atomic E-state index is 0.486. The van der Waals surface area contributed by atoms with Crippen molar-refractivity contribution < 1.29 is 0 Å². The molecule has 5 heteroatoms. The highest BCUT2D eigenvalue weighted by atomic mass is 15.2. The Balaban J connectivity index is 1.57. The van der Waals surface area contributed by atoms with Crippen LogP contribution in [0.3, 0.4) is 0 Å². The molecule has 1 saturated heterocycles. The summed E-state index contributed by atoms with van der Waals surface area (Å²) in [7, 11) is 0. The van der Waals surface area contributed by atoms with Gasteiger partial charge < -0.3 is 10.2 Å². The van der Waals surface area contributed by atoms with E-state index in [1.54, 1.807) is 6.20 Å². The Morgan fingerprint density at radius 3 is 2.95 bits per heavy atom. The molecule has 1 fully saturated rings. The average molecular weight is 285 g/mol. The molecule has 5 nitrogen and oxygen atoms in total. The van der Waals surface area contributed by atoms with Gasteiger partial charge in [-0.15, -0.1) is 0 Å². The predicted molar refractivity (Wildman–Crippen MR) is 83.8 cm³/mol. The monoisotopic (exact) mass is 285 g/mol. The average Bonchev–Trinajstić information content (AvgIpc) is 3.17. The van der Waals surface area contributed by atoms with Crippen LogP contribution in [0.2, 0.25) is 0 Å². The maximum Gasteiger partial charge on any atom is 0.0710 e. The van der Waals surface area contributed by atoms with Gasteiger partial charge in [-0.25, -0.2) is 0 Å². The molecule has 1 unspecified atom stereocenters. The van der Waals surface area contributed by atoms with E-state index in [-0.39, 0.29) is 0 Å². The summed E-state index contributed by atoms with van der Waals surface area (Å²) < 4.78 is 0. The van der Waals surface area contributed by atoms with Gasteiger partial charge in [0.05, 0.1) is 11.9 Å². The van der Waals surface area contributed by atoms with Gasteiger partial charge in [0.25, 0.3) is 0 Å². The lowest BCUT2D eigenvalue weighted by molar-refractivity contribution is 0.298. The third kappa shape index (κ3) is 3.68. The third-order valence-corrected chi connectivity index (χ3v) is 4.04. The molecule has 2 aromatic heterocycles. The molecule has 0 aliphatic carbocycles. The number of hydrogen-bond acceptors (Lipinski definition) is 4. The number of nitrogens with one attached hydrogen (secondary N) is 2. The first-order valence-electron chi connectivity index (χ1n) is 7.71. The fraction of sp³-hybridized carbons (Fsp3) is 0.500. The zero-order valence-electron chi connectivity index (χ0n) is 12.5. The van der Waals surface area contributed by atoms with Gasteiger partial charge in [-0.2, -0.15) is 5.10 Å². The Morgan fingerprint density at radius 1 is 1.33 bits per heavy atom. The van der Waals surface area contributed by atoms with Crippen molar-refractivity contribution in [2.75, 3.05) is 19.6 Å². The molecule has 3 heterocycles. The van der Waals surface area contributed by atoms with Gasteiger partial charge in [0, 0.05) is 42.7 Å². The Hall–Kier alpha value is -1.72. The highest BCUT2D eigenvalue weighted by molar-refractivity contribution is 5.61. The first-order valence-corrected chi connectivity index (χ1v) is 7.71. The molecule has 1 atom stereocenters. The van der Waals surface area contributed by atoms with Crippen molar-refractivity contribution in [2.24, 2.45) is 0 Å². The van der Waals surface area contributed by atoms with Crippen molar-refractivity contribution in [2.45, 2.75) is 32.4 Å². The normalized spacial score (nSPS) is 17.2. The van der Waals surface area contributed by atoms with Crippen molar-refractivity contribution in [3.05, 3.63) is 36.3 Å². The van der Waals surface area contributed by atoms with E-state index in [0.29, 0.717) is 6.04 Å². The molecule has 0 bridgehead atoms. The Labute approximate surface area is 125 Å². The second-order valence-corrected chi connectivity index (χ2v) is 5.80. The minimum absolute atomic E-state index is 0.486. The second kappa shape index (κ2) is 6.83. The van der Waals surface area contributed by atoms with Crippen molar-refractivity contribution in [1.82, 2.24) is 25.4 Å². The van der Waals surface area contributed by atoms with Crippen molar-refractivity contribution in [3.8, 4) is 11.3 Å². The number of nitrogens with zero attached hydrogens (tertiary/aromatic N) is 3. The van der Waals surface area contributed by atoms with E-state index < -0.39 is 0 Å². The third-order valence-electron chi connectivity index (χ3n) is 4.04. The van der Waals surface area contributed by atoms with Crippen LogP contribution in [-0.4, -0.2) is 45.8 Å². The van der Waals surface area contributed by atoms with Gasteiger partial charge in [0.15, 0.2) is 0 Å². The lowest BCUT2D eigenvalue weighted by Gasteiger charge is -2.21. The van der Waals surface area contributed by atoms with Crippen molar-refractivity contribution in [3.63, 3.8) is 0 Å². The van der Waals surface area contributed by atoms with Gasteiger partial charge in [0.1, 0.15) is 0 Å². The highest BCUT2D eigenvalue weighted by Gasteiger charge is 2.15. The lowest BCUT2D eigenvalue weighted by atomic mass is 10.1. The van der Waals surface area contributed by atoms with Crippen LogP contribution in [0, 0.1) is 0 Å². The van der Waals surface area contributed by atoms with E-state index in [0.717, 1.165) is 24.3 Å². The van der Waals surface area contributed by atoms with Gasteiger partial charge in [-0.3, -0.25) is 10.1 Å². The van der Waals surface area contributed by atoms with Crippen molar-refractivity contribution >= 4 is 0 Å². The number of aromatic nitrogens is 3. The number of hydrogen-bond donors (Lipinski definition) is 2. The maximum absolute atomic E-state index is 4.18. The molecule has 0 radical (unpaired) electrons. The van der Waals surface area contributed by atoms with E-state index in [9.17, 15) is 0 Å². The molecule has 3 rings (SSSR count). The molecule has 1 aliphatic rings. The van der Waals surface area contributed by atoms with E-state index in [2.05, 4.69) is 38.4 Å². The summed E-state index contributed by atoms with van der Waals surface area (Å²) in [5.41, 5.74) is 3.33. The van der Waals surface area contributed by atoms with E-state index in [1.165, 1.54) is 31.5 Å². The zero-order chi connectivity index (χ0) is 14.5. The topological polar surface area (TPSA) is 56.8 Å². The summed E-state index contributed by atoms with van der Waals surface area (Å²) >= 11 is 0. The molecule has 0 aromatic carbocycles. The maximum atomic E-state index is 4.18. The molecule has 1 aliphatic heterocycles. The Bertz CT molecular complexity index is 545. The quantitative estimate of drug-likeness (QED) is 0.853. The van der Waals surface area contributed by atoms with Crippen LogP contribution in [0.25, 0.3) is 11.3 Å². The summed E-state index contributed by atoms with van der Waals surface area (Å²) in [6.45, 7) is 6.70. The van der Waals surface area contributed by atoms with Crippen LogP contribution >= 0.6 is 0 Å². The largest absolute Gasteiger partial charge is 0.309 e. The van der Waals surface area contributed by atoms with Crippen LogP contribution in [0.4, 0.5) is 0 Å². The highest BCUT2D eigenvalue weighted by Crippen LogP contribution is 2.19. The molecular weight excluding hydrogens is 262 g/mol. The van der Waals surface area contributed by atoms with Gasteiger partial charge >= 0.3 is 0 Å². The minimum Gasteiger partial charge on any atom is -0.309 e. The first-order chi connectivity index (χ1) is 10.3. The van der Waals surface area contributed by atoms with Gasteiger partial charge in [-0.1, -0.05) is 0 Å². The zero-order valence-corrected chi connectivity index (χ0v) is 12.5. The summed E-state index contributed by atoms with van der Waals surface area (Å²) in [4.78, 5) is 6.71. The SMILES string of the molecule is CC(CN1CCCC1)NCc1cn[nH]c1-c1cccnc1. The number of aromatic amines is 1. The molecule has 21 heavy (non-hydrogen) atoms. The van der Waals surface area contributed by atoms with E-state index >= 15 is 0 Å². The van der Waals surface area contributed by atoms with Crippen LogP contribution in [0.15, 0.2) is 30.7 Å². The summed E-state index contributed by atoms with van der Waals surface area (Å²) in [5, 5.41) is 10.9. The second-order valence-electron chi connectivity index (χ2n) is 5.80. The number of rotatable bonds is 6. The molecular formula is C16H23N5. The Morgan fingerprint density at radius 2 is 2.19 bits per heavy atom. The van der Waals surface area contributed by atoms with Crippen molar-refractivity contribution in [1.29, 1.82) is 0 Å². The lowest BCUT2D eigenvalue weighted by Crippen LogP contribution is -2.37. The molecule has 112 valence electrons. The molecule has 2 aromatic rings. The summed E-state index contributed by atoms with van der Waals surface area (Å²) in [6.07, 6.45) is 8.25. The number of likely N-dealkylation sites (tertiary alicyclic amines) is 1. The van der Waals surface area contributed by atoms with Crippen LogP contribution < -0.4 is 5.32 Å². The molecule has 2 N–H and O–H groups in total. The van der Waals surface area contributed by atoms with Gasteiger partial charge in [0.2, 0.25) is 0 Å². The molecule has 0 saturated carbocycles. The fourth-order valence-electron chi connectivity index (χ4n) is 2.91. The van der Waals surface area contributed by atoms with Crippen LogP contribution in [0.5, 0.6) is 0 Å². The summed E-state index contributed by atoms with van der Waals surface area (Å²) in [6, 6.07) is 4.49. The first kappa shape index (κ1) is 14.2. The fourth-order valence-corrected chi connectivity index (χ4v) is 2.91.